The van der Waals surface area contributed by atoms with Gasteiger partial charge in [0, 0.05) is 31.8 Å². The first-order valence-corrected chi connectivity index (χ1v) is 11.7. The van der Waals surface area contributed by atoms with Gasteiger partial charge in [-0.1, -0.05) is 0 Å². The summed E-state index contributed by atoms with van der Waals surface area (Å²) < 4.78 is 33.6. The van der Waals surface area contributed by atoms with Crippen LogP contribution < -0.4 is 4.90 Å². The average Bonchev–Trinajstić information content (AvgIpc) is 2.59. The molecule has 6 nitrogen and oxygen atoms in total. The Bertz CT molecular complexity index is 810. The maximum Gasteiger partial charge on any atom is 0.245 e. The summed E-state index contributed by atoms with van der Waals surface area (Å²) >= 11 is 1.43. The minimum atomic E-state index is -3.70. The van der Waals surface area contributed by atoms with Crippen molar-refractivity contribution in [1.82, 2.24) is 4.31 Å². The lowest BCUT2D eigenvalue weighted by Gasteiger charge is -2.67. The average molecular weight is 399 g/mol. The molecule has 1 N–H and O–H groups in total. The Morgan fingerprint density at radius 1 is 1.35 bits per heavy atom. The quantitative estimate of drug-likeness (QED) is 0.769. The number of aromatic hydroxyl groups is 1. The zero-order valence-electron chi connectivity index (χ0n) is 15.4. The molecular weight excluding hydrogens is 372 g/mol. The molecule has 1 unspecified atom stereocenters. The molecule has 1 atom stereocenters. The number of likely N-dealkylation sites (N-methyl/N-ethyl adjacent to an activating group) is 1. The SMILES string of the molecule is CCOCC1CN(C23CC(C2)C3)c2cc(SC)c(O)cc2S(=O)(=O)N1C. The van der Waals surface area contributed by atoms with Crippen molar-refractivity contribution in [3.05, 3.63) is 12.1 Å². The Morgan fingerprint density at radius 2 is 2.04 bits per heavy atom. The molecule has 1 aromatic carbocycles. The Balaban J connectivity index is 1.85. The van der Waals surface area contributed by atoms with E-state index in [4.69, 9.17) is 4.74 Å². The van der Waals surface area contributed by atoms with Crippen molar-refractivity contribution in [2.45, 2.75) is 47.6 Å². The Labute approximate surface area is 159 Å². The molecule has 3 fully saturated rings. The van der Waals surface area contributed by atoms with Crippen molar-refractivity contribution in [3.8, 4) is 5.75 Å². The number of fused-ring (bicyclic) bond motifs is 1. The molecule has 5 rings (SSSR count). The van der Waals surface area contributed by atoms with E-state index in [1.54, 1.807) is 7.05 Å². The third-order valence-electron chi connectivity index (χ3n) is 6.21. The molecule has 8 heteroatoms. The first kappa shape index (κ1) is 18.4. The van der Waals surface area contributed by atoms with Gasteiger partial charge in [-0.05, 0) is 44.4 Å². The number of hydrogen-bond donors (Lipinski definition) is 1. The molecule has 1 heterocycles. The minimum Gasteiger partial charge on any atom is -0.507 e. The second kappa shape index (κ2) is 6.29. The minimum absolute atomic E-state index is 0.0222. The second-order valence-corrected chi connectivity index (χ2v) is 10.5. The third-order valence-corrected chi connectivity index (χ3v) is 8.91. The summed E-state index contributed by atoms with van der Waals surface area (Å²) in [7, 11) is -2.08. The fraction of sp³-hybridized carbons (Fsp3) is 0.667. The number of phenolic OH excluding ortho intramolecular Hbond substituents is 1. The van der Waals surface area contributed by atoms with E-state index < -0.39 is 10.0 Å². The van der Waals surface area contributed by atoms with Crippen LogP contribution in [0.15, 0.2) is 21.9 Å². The van der Waals surface area contributed by atoms with Gasteiger partial charge >= 0.3 is 0 Å². The number of benzene rings is 1. The summed E-state index contributed by atoms with van der Waals surface area (Å²) in [5.74, 6) is 0.813. The van der Waals surface area contributed by atoms with Crippen molar-refractivity contribution in [2.24, 2.45) is 5.92 Å². The lowest BCUT2D eigenvalue weighted by molar-refractivity contribution is -0.0287. The van der Waals surface area contributed by atoms with E-state index >= 15 is 0 Å². The van der Waals surface area contributed by atoms with Crippen LogP contribution in [0.4, 0.5) is 5.69 Å². The molecule has 3 aliphatic carbocycles. The largest absolute Gasteiger partial charge is 0.507 e. The molecule has 0 saturated heterocycles. The highest BCUT2D eigenvalue weighted by Gasteiger charge is 2.61. The molecular formula is C18H26N2O4S2. The Kier molecular flexibility index (Phi) is 4.45. The number of ether oxygens (including phenoxy) is 1. The van der Waals surface area contributed by atoms with E-state index in [-0.39, 0.29) is 22.2 Å². The van der Waals surface area contributed by atoms with Crippen LogP contribution in [0.2, 0.25) is 0 Å². The van der Waals surface area contributed by atoms with E-state index in [1.165, 1.54) is 22.1 Å². The normalized spacial score (nSPS) is 32.3. The van der Waals surface area contributed by atoms with E-state index in [2.05, 4.69) is 4.90 Å². The van der Waals surface area contributed by atoms with E-state index in [9.17, 15) is 13.5 Å². The van der Waals surface area contributed by atoms with Gasteiger partial charge in [-0.15, -0.1) is 11.8 Å². The smallest absolute Gasteiger partial charge is 0.245 e. The lowest BCUT2D eigenvalue weighted by atomic mass is 9.49. The molecule has 4 aliphatic rings. The highest BCUT2D eigenvalue weighted by molar-refractivity contribution is 7.98. The van der Waals surface area contributed by atoms with Crippen molar-refractivity contribution < 1.29 is 18.3 Å². The number of anilines is 1. The van der Waals surface area contributed by atoms with E-state index in [0.29, 0.717) is 24.7 Å². The van der Waals surface area contributed by atoms with Gasteiger partial charge in [0.25, 0.3) is 0 Å². The van der Waals surface area contributed by atoms with Gasteiger partial charge in [-0.2, -0.15) is 4.31 Å². The van der Waals surface area contributed by atoms with Gasteiger partial charge in [0.1, 0.15) is 10.6 Å². The molecule has 0 radical (unpaired) electrons. The summed E-state index contributed by atoms with van der Waals surface area (Å²) in [5.41, 5.74) is 0.813. The van der Waals surface area contributed by atoms with Gasteiger partial charge in [0.05, 0.1) is 23.2 Å². The van der Waals surface area contributed by atoms with E-state index in [0.717, 1.165) is 30.9 Å². The summed E-state index contributed by atoms with van der Waals surface area (Å²) in [6.07, 6.45) is 5.29. The summed E-state index contributed by atoms with van der Waals surface area (Å²) in [5, 5.41) is 10.3. The number of sulfonamides is 1. The van der Waals surface area contributed by atoms with Crippen molar-refractivity contribution >= 4 is 27.5 Å². The Morgan fingerprint density at radius 3 is 2.58 bits per heavy atom. The Hall–Kier alpha value is -0.960. The van der Waals surface area contributed by atoms with Crippen molar-refractivity contribution in [2.75, 3.05) is 38.0 Å². The van der Waals surface area contributed by atoms with Crippen LogP contribution in [-0.2, 0) is 14.8 Å². The predicted octanol–water partition coefficient (Wildman–Crippen LogP) is 2.51. The van der Waals surface area contributed by atoms with Crippen LogP contribution in [0.25, 0.3) is 0 Å². The summed E-state index contributed by atoms with van der Waals surface area (Å²) in [6.45, 7) is 3.47. The maximum absolute atomic E-state index is 13.3. The number of rotatable bonds is 5. The van der Waals surface area contributed by atoms with Crippen LogP contribution in [0.5, 0.6) is 5.75 Å². The molecule has 26 heavy (non-hydrogen) atoms. The maximum atomic E-state index is 13.3. The fourth-order valence-electron chi connectivity index (χ4n) is 4.52. The number of hydrogen-bond acceptors (Lipinski definition) is 6. The monoisotopic (exact) mass is 398 g/mol. The molecule has 144 valence electrons. The third kappa shape index (κ3) is 2.57. The van der Waals surface area contributed by atoms with Gasteiger partial charge in [0.15, 0.2) is 0 Å². The zero-order chi connectivity index (χ0) is 18.7. The summed E-state index contributed by atoms with van der Waals surface area (Å²) in [4.78, 5) is 3.21. The van der Waals surface area contributed by atoms with Crippen LogP contribution in [0.3, 0.4) is 0 Å². The fourth-order valence-corrected chi connectivity index (χ4v) is 6.54. The molecule has 0 aromatic heterocycles. The van der Waals surface area contributed by atoms with Crippen LogP contribution in [0, 0.1) is 5.92 Å². The molecule has 3 saturated carbocycles. The second-order valence-electron chi connectivity index (χ2n) is 7.64. The van der Waals surface area contributed by atoms with Gasteiger partial charge in [-0.3, -0.25) is 0 Å². The molecule has 1 aromatic rings. The highest BCUT2D eigenvalue weighted by Crippen LogP contribution is 2.62. The number of phenols is 1. The number of nitrogens with zero attached hydrogens (tertiary/aromatic N) is 2. The molecule has 0 amide bonds. The molecule has 0 spiro atoms. The predicted molar refractivity (Wildman–Crippen MR) is 103 cm³/mol. The molecule has 1 aliphatic heterocycles. The van der Waals surface area contributed by atoms with Crippen molar-refractivity contribution in [1.29, 1.82) is 0 Å². The van der Waals surface area contributed by atoms with Crippen LogP contribution in [-0.4, -0.2) is 62.5 Å². The van der Waals surface area contributed by atoms with Gasteiger partial charge in [0.2, 0.25) is 10.0 Å². The first-order chi connectivity index (χ1) is 12.3. The van der Waals surface area contributed by atoms with Gasteiger partial charge < -0.3 is 14.7 Å². The van der Waals surface area contributed by atoms with E-state index in [1.807, 2.05) is 19.2 Å². The van der Waals surface area contributed by atoms with Crippen molar-refractivity contribution in [3.63, 3.8) is 0 Å². The first-order valence-electron chi connectivity index (χ1n) is 9.07. The van der Waals surface area contributed by atoms with Crippen LogP contribution >= 0.6 is 11.8 Å². The molecule has 2 bridgehead atoms. The number of thioether (sulfide) groups is 1. The lowest BCUT2D eigenvalue weighted by Crippen LogP contribution is -2.70. The van der Waals surface area contributed by atoms with Gasteiger partial charge in [-0.25, -0.2) is 8.42 Å². The highest BCUT2D eigenvalue weighted by atomic mass is 32.2. The van der Waals surface area contributed by atoms with Crippen LogP contribution in [0.1, 0.15) is 26.2 Å². The zero-order valence-corrected chi connectivity index (χ0v) is 17.1. The standard InChI is InChI=1S/C18H26N2O4S2/c1-4-24-11-13-10-20(18-7-12(8-18)9-18)14-5-16(25-3)15(21)6-17(14)26(22,23)19(13)2/h5-6,12-13,21H,4,7-11H2,1-3H3. The topological polar surface area (TPSA) is 70.1 Å². The summed E-state index contributed by atoms with van der Waals surface area (Å²) in [6, 6.07) is 3.03.